The lowest BCUT2D eigenvalue weighted by Crippen LogP contribution is -2.32. The highest BCUT2D eigenvalue weighted by atomic mass is 32.2. The lowest BCUT2D eigenvalue weighted by molar-refractivity contribution is -0.121. The summed E-state index contributed by atoms with van der Waals surface area (Å²) < 4.78 is 2.10. The zero-order chi connectivity index (χ0) is 22.9. The van der Waals surface area contributed by atoms with Crippen molar-refractivity contribution in [1.29, 1.82) is 0 Å². The second-order valence-corrected chi connectivity index (χ2v) is 9.91. The number of aryl methyl sites for hydroxylation is 1. The van der Waals surface area contributed by atoms with Crippen LogP contribution < -0.4 is 5.32 Å². The monoisotopic (exact) mass is 476 g/mol. The van der Waals surface area contributed by atoms with Crippen LogP contribution in [0.25, 0.3) is 16.4 Å². The summed E-state index contributed by atoms with van der Waals surface area (Å²) in [6, 6.07) is 24.8. The third kappa shape index (κ3) is 6.55. The molecule has 0 bridgehead atoms. The first-order chi connectivity index (χ1) is 16.2. The van der Waals surface area contributed by atoms with Gasteiger partial charge in [-0.25, -0.2) is 0 Å². The molecule has 4 aromatic rings. The molecule has 1 N–H and O–H groups in total. The number of carbonyl (C=O) groups is 1. The highest BCUT2D eigenvalue weighted by Gasteiger charge is 2.17. The van der Waals surface area contributed by atoms with E-state index in [-0.39, 0.29) is 11.9 Å². The van der Waals surface area contributed by atoms with Gasteiger partial charge in [0, 0.05) is 23.9 Å². The summed E-state index contributed by atoms with van der Waals surface area (Å²) in [5.41, 5.74) is 2.35. The smallest absolute Gasteiger partial charge is 0.220 e. The number of para-hydroxylation sites is 1. The van der Waals surface area contributed by atoms with Crippen molar-refractivity contribution < 1.29 is 4.79 Å². The molecular weight excluding hydrogens is 448 g/mol. The largest absolute Gasteiger partial charge is 0.354 e. The highest BCUT2D eigenvalue weighted by Crippen LogP contribution is 2.30. The van der Waals surface area contributed by atoms with Crippen molar-refractivity contribution in [2.75, 3.05) is 5.75 Å². The average molecular weight is 477 g/mol. The van der Waals surface area contributed by atoms with Crippen LogP contribution in [-0.2, 0) is 11.2 Å². The van der Waals surface area contributed by atoms with E-state index in [9.17, 15) is 4.79 Å². The minimum Gasteiger partial charge on any atom is -0.354 e. The van der Waals surface area contributed by atoms with Gasteiger partial charge in [0.15, 0.2) is 11.0 Å². The van der Waals surface area contributed by atoms with Crippen molar-refractivity contribution in [3.05, 3.63) is 83.7 Å². The van der Waals surface area contributed by atoms with Gasteiger partial charge in [-0.2, -0.15) is 0 Å². The van der Waals surface area contributed by atoms with Gasteiger partial charge in [-0.3, -0.25) is 9.36 Å². The quantitative estimate of drug-likeness (QED) is 0.213. The Hall–Kier alpha value is -2.90. The van der Waals surface area contributed by atoms with E-state index in [0.29, 0.717) is 6.42 Å². The lowest BCUT2D eigenvalue weighted by atomic mass is 10.1. The number of thioether (sulfide) groups is 1. The maximum absolute atomic E-state index is 12.4. The number of thiophene rings is 1. The second kappa shape index (κ2) is 11.8. The molecule has 0 spiro atoms. The zero-order valence-electron chi connectivity index (χ0n) is 18.7. The fraction of sp³-hybridized carbons (Fsp3) is 0.269. The van der Waals surface area contributed by atoms with Crippen LogP contribution in [0.5, 0.6) is 0 Å². The van der Waals surface area contributed by atoms with Gasteiger partial charge in [-0.15, -0.1) is 21.5 Å². The van der Waals surface area contributed by atoms with Crippen molar-refractivity contribution in [3.8, 4) is 16.4 Å². The van der Waals surface area contributed by atoms with Crippen LogP contribution in [0.3, 0.4) is 0 Å². The molecule has 33 heavy (non-hydrogen) atoms. The summed E-state index contributed by atoms with van der Waals surface area (Å²) in [6.07, 6.45) is 3.22. The van der Waals surface area contributed by atoms with Gasteiger partial charge < -0.3 is 5.32 Å². The van der Waals surface area contributed by atoms with Gasteiger partial charge in [0.05, 0.1) is 4.88 Å². The molecule has 0 aliphatic heterocycles. The molecule has 2 aromatic heterocycles. The molecule has 0 aliphatic rings. The maximum atomic E-state index is 12.4. The molecule has 0 saturated heterocycles. The summed E-state index contributed by atoms with van der Waals surface area (Å²) in [7, 11) is 0. The Morgan fingerprint density at radius 3 is 2.52 bits per heavy atom. The zero-order valence-corrected chi connectivity index (χ0v) is 20.3. The standard InChI is InChI=1S/C26H28N4OS2/c1-20(16-17-21-10-4-2-5-11-21)27-24(31)15-9-19-33-26-29-28-25(23-14-8-18-32-23)30(26)22-12-6-3-7-13-22/h2-8,10-14,18,20H,9,15-17,19H2,1H3,(H,27,31). The SMILES string of the molecule is CC(CCc1ccccc1)NC(=O)CCCSc1nnc(-c2cccs2)n1-c1ccccc1. The van der Waals surface area contributed by atoms with E-state index in [1.165, 1.54) is 5.56 Å². The number of benzene rings is 2. The first-order valence-electron chi connectivity index (χ1n) is 11.2. The molecular formula is C26H28N4OS2. The average Bonchev–Trinajstić information content (AvgIpc) is 3.52. The number of nitrogens with one attached hydrogen (secondary N) is 1. The number of nitrogens with zero attached hydrogens (tertiary/aromatic N) is 3. The normalized spacial score (nSPS) is 11.9. The maximum Gasteiger partial charge on any atom is 0.220 e. The first kappa shape index (κ1) is 23.3. The molecule has 0 aliphatic carbocycles. The molecule has 7 heteroatoms. The van der Waals surface area contributed by atoms with E-state index < -0.39 is 0 Å². The van der Waals surface area contributed by atoms with Gasteiger partial charge in [0.2, 0.25) is 5.91 Å². The van der Waals surface area contributed by atoms with E-state index >= 15 is 0 Å². The van der Waals surface area contributed by atoms with Crippen LogP contribution in [0.4, 0.5) is 0 Å². The molecule has 2 heterocycles. The second-order valence-electron chi connectivity index (χ2n) is 7.90. The minimum absolute atomic E-state index is 0.111. The van der Waals surface area contributed by atoms with Gasteiger partial charge in [-0.1, -0.05) is 66.4 Å². The Balaban J connectivity index is 1.28. The molecule has 1 amide bonds. The van der Waals surface area contributed by atoms with Crippen LogP contribution in [0.15, 0.2) is 83.3 Å². The van der Waals surface area contributed by atoms with Crippen LogP contribution in [-0.4, -0.2) is 32.5 Å². The summed E-state index contributed by atoms with van der Waals surface area (Å²) in [6.45, 7) is 2.07. The third-order valence-corrected chi connectivity index (χ3v) is 7.17. The predicted octanol–water partition coefficient (Wildman–Crippen LogP) is 6.01. The summed E-state index contributed by atoms with van der Waals surface area (Å²) in [5, 5.41) is 14.9. The third-order valence-electron chi connectivity index (χ3n) is 5.28. The highest BCUT2D eigenvalue weighted by molar-refractivity contribution is 7.99. The molecule has 5 nitrogen and oxygen atoms in total. The Labute approximate surface area is 203 Å². The van der Waals surface area contributed by atoms with E-state index in [1.54, 1.807) is 23.1 Å². The van der Waals surface area contributed by atoms with Crippen molar-refractivity contribution in [2.24, 2.45) is 0 Å². The van der Waals surface area contributed by atoms with Crippen LogP contribution in [0.1, 0.15) is 31.7 Å². The van der Waals surface area contributed by atoms with Gasteiger partial charge in [0.1, 0.15) is 0 Å². The van der Waals surface area contributed by atoms with Crippen LogP contribution in [0.2, 0.25) is 0 Å². The summed E-state index contributed by atoms with van der Waals surface area (Å²) >= 11 is 3.30. The Morgan fingerprint density at radius 1 is 1.03 bits per heavy atom. The van der Waals surface area contributed by atoms with E-state index in [1.807, 2.05) is 35.7 Å². The predicted molar refractivity (Wildman–Crippen MR) is 137 cm³/mol. The van der Waals surface area contributed by atoms with Gasteiger partial charge in [0.25, 0.3) is 0 Å². The number of carbonyl (C=O) groups excluding carboxylic acids is 1. The van der Waals surface area contributed by atoms with Gasteiger partial charge in [-0.05, 0) is 55.3 Å². The Kier molecular flexibility index (Phi) is 8.33. The van der Waals surface area contributed by atoms with E-state index in [4.69, 9.17) is 0 Å². The fourth-order valence-electron chi connectivity index (χ4n) is 3.58. The van der Waals surface area contributed by atoms with Crippen molar-refractivity contribution >= 4 is 29.0 Å². The fourth-order valence-corrected chi connectivity index (χ4v) is 5.17. The van der Waals surface area contributed by atoms with Crippen molar-refractivity contribution in [1.82, 2.24) is 20.1 Å². The van der Waals surface area contributed by atoms with E-state index in [0.717, 1.165) is 46.6 Å². The molecule has 170 valence electrons. The number of hydrogen-bond acceptors (Lipinski definition) is 5. The molecule has 2 aromatic carbocycles. The molecule has 1 atom stereocenters. The van der Waals surface area contributed by atoms with E-state index in [2.05, 4.69) is 69.5 Å². The number of hydrogen-bond donors (Lipinski definition) is 1. The molecule has 0 saturated carbocycles. The molecule has 0 fully saturated rings. The Morgan fingerprint density at radius 2 is 1.79 bits per heavy atom. The van der Waals surface area contributed by atoms with Crippen molar-refractivity contribution in [3.63, 3.8) is 0 Å². The number of rotatable bonds is 11. The minimum atomic E-state index is 0.111. The lowest BCUT2D eigenvalue weighted by Gasteiger charge is -2.14. The summed E-state index contributed by atoms with van der Waals surface area (Å²) in [5.74, 6) is 1.77. The molecule has 0 radical (unpaired) electrons. The first-order valence-corrected chi connectivity index (χ1v) is 13.1. The number of aromatic nitrogens is 3. The van der Waals surface area contributed by atoms with Crippen LogP contribution in [0, 0.1) is 0 Å². The molecule has 1 unspecified atom stereocenters. The topological polar surface area (TPSA) is 59.8 Å². The Bertz CT molecular complexity index is 1130. The van der Waals surface area contributed by atoms with Gasteiger partial charge >= 0.3 is 0 Å². The van der Waals surface area contributed by atoms with Crippen LogP contribution >= 0.6 is 23.1 Å². The molecule has 4 rings (SSSR count). The summed E-state index contributed by atoms with van der Waals surface area (Å²) in [4.78, 5) is 13.5. The van der Waals surface area contributed by atoms with Crippen molar-refractivity contribution in [2.45, 2.75) is 43.8 Å². The number of amides is 1.